The molecule has 0 amide bonds. The van der Waals surface area contributed by atoms with Crippen molar-refractivity contribution in [3.63, 3.8) is 0 Å². The molecule has 0 aliphatic rings. The molecule has 3 N–H and O–H groups in total. The predicted molar refractivity (Wildman–Crippen MR) is 73.1 cm³/mol. The second-order valence-electron chi connectivity index (χ2n) is 4.24. The molecular weight excluding hydrogens is 267 g/mol. The zero-order valence-corrected chi connectivity index (χ0v) is 11.4. The summed E-state index contributed by atoms with van der Waals surface area (Å²) in [6.45, 7) is 2.87. The molecule has 1 heterocycles. The van der Waals surface area contributed by atoms with Gasteiger partial charge in [-0.15, -0.1) is 0 Å². The Kier molecular flexibility index (Phi) is 4.52. The first kappa shape index (κ1) is 14.0. The van der Waals surface area contributed by atoms with Gasteiger partial charge in [0.1, 0.15) is 17.7 Å². The third-order valence-electron chi connectivity index (χ3n) is 2.91. The summed E-state index contributed by atoms with van der Waals surface area (Å²) in [6.07, 6.45) is 4.49. The van der Waals surface area contributed by atoms with E-state index in [0.29, 0.717) is 16.4 Å². The lowest BCUT2D eigenvalue weighted by Crippen LogP contribution is -2.31. The molecular formula is C13H16ClFN4. The fraction of sp³-hybridized carbons (Fsp3) is 0.308. The molecule has 102 valence electrons. The maximum atomic E-state index is 13.9. The molecule has 0 aliphatic heterocycles. The van der Waals surface area contributed by atoms with Crippen LogP contribution in [-0.2, 0) is 6.54 Å². The van der Waals surface area contributed by atoms with E-state index in [1.54, 1.807) is 12.3 Å². The van der Waals surface area contributed by atoms with Gasteiger partial charge in [-0.2, -0.15) is 0 Å². The first-order chi connectivity index (χ1) is 9.17. The highest BCUT2D eigenvalue weighted by Gasteiger charge is 2.21. The summed E-state index contributed by atoms with van der Waals surface area (Å²) in [5.74, 6) is 5.88. The number of rotatable bonds is 5. The minimum Gasteiger partial charge on any atom is -0.333 e. The van der Waals surface area contributed by atoms with Crippen LogP contribution >= 0.6 is 11.6 Å². The third-order valence-corrected chi connectivity index (χ3v) is 3.14. The SMILES string of the molecule is CCCn1ccnc1C(NN)c1cc(Cl)ccc1F. The summed E-state index contributed by atoms with van der Waals surface area (Å²) in [4.78, 5) is 4.26. The van der Waals surface area contributed by atoms with Gasteiger partial charge in [0.05, 0.1) is 0 Å². The molecule has 0 aliphatic carbocycles. The van der Waals surface area contributed by atoms with Crippen molar-refractivity contribution in [3.8, 4) is 0 Å². The van der Waals surface area contributed by atoms with Gasteiger partial charge in [0, 0.05) is 29.5 Å². The lowest BCUT2D eigenvalue weighted by Gasteiger charge is -2.18. The molecule has 0 bridgehead atoms. The number of hydrogen-bond donors (Lipinski definition) is 2. The highest BCUT2D eigenvalue weighted by atomic mass is 35.5. The maximum Gasteiger partial charge on any atom is 0.131 e. The smallest absolute Gasteiger partial charge is 0.131 e. The second-order valence-corrected chi connectivity index (χ2v) is 4.68. The van der Waals surface area contributed by atoms with Crippen molar-refractivity contribution in [2.75, 3.05) is 0 Å². The van der Waals surface area contributed by atoms with E-state index < -0.39 is 6.04 Å². The van der Waals surface area contributed by atoms with Gasteiger partial charge >= 0.3 is 0 Å². The van der Waals surface area contributed by atoms with Crippen molar-refractivity contribution in [1.82, 2.24) is 15.0 Å². The van der Waals surface area contributed by atoms with Gasteiger partial charge < -0.3 is 4.57 Å². The third kappa shape index (κ3) is 2.94. The molecule has 1 aromatic heterocycles. The second kappa shape index (κ2) is 6.14. The summed E-state index contributed by atoms with van der Waals surface area (Å²) in [5.41, 5.74) is 2.99. The van der Waals surface area contributed by atoms with Crippen LogP contribution in [0.5, 0.6) is 0 Å². The van der Waals surface area contributed by atoms with Gasteiger partial charge in [0.2, 0.25) is 0 Å². The lowest BCUT2D eigenvalue weighted by atomic mass is 10.1. The van der Waals surface area contributed by atoms with Crippen LogP contribution < -0.4 is 11.3 Å². The Hall–Kier alpha value is -1.43. The summed E-state index contributed by atoms with van der Waals surface area (Å²) >= 11 is 5.92. The molecule has 2 rings (SSSR count). The van der Waals surface area contributed by atoms with Crippen molar-refractivity contribution in [2.24, 2.45) is 5.84 Å². The molecule has 0 spiro atoms. The normalized spacial score (nSPS) is 12.6. The lowest BCUT2D eigenvalue weighted by molar-refractivity contribution is 0.515. The zero-order valence-electron chi connectivity index (χ0n) is 10.6. The van der Waals surface area contributed by atoms with E-state index in [2.05, 4.69) is 17.3 Å². The number of aryl methyl sites for hydroxylation is 1. The molecule has 1 aromatic carbocycles. The van der Waals surface area contributed by atoms with Crippen LogP contribution in [0.3, 0.4) is 0 Å². The van der Waals surface area contributed by atoms with Crippen molar-refractivity contribution >= 4 is 11.6 Å². The van der Waals surface area contributed by atoms with Crippen LogP contribution in [0.2, 0.25) is 5.02 Å². The van der Waals surface area contributed by atoms with E-state index >= 15 is 0 Å². The Labute approximate surface area is 116 Å². The molecule has 2 aromatic rings. The average Bonchev–Trinajstić information content (AvgIpc) is 2.83. The molecule has 0 saturated heterocycles. The molecule has 0 fully saturated rings. The van der Waals surface area contributed by atoms with E-state index in [1.165, 1.54) is 12.1 Å². The Bertz CT molecular complexity index is 555. The van der Waals surface area contributed by atoms with Crippen LogP contribution in [0.4, 0.5) is 4.39 Å². The standard InChI is InChI=1S/C13H16ClFN4/c1-2-6-19-7-5-17-13(19)12(18-16)10-8-9(14)3-4-11(10)15/h3-5,7-8,12,18H,2,6,16H2,1H3. The maximum absolute atomic E-state index is 13.9. The fourth-order valence-corrected chi connectivity index (χ4v) is 2.23. The highest BCUT2D eigenvalue weighted by Crippen LogP contribution is 2.25. The van der Waals surface area contributed by atoms with Gasteiger partial charge in [-0.1, -0.05) is 18.5 Å². The van der Waals surface area contributed by atoms with Gasteiger partial charge in [-0.25, -0.2) is 14.8 Å². The molecule has 4 nitrogen and oxygen atoms in total. The topological polar surface area (TPSA) is 55.9 Å². The Balaban J connectivity index is 2.44. The number of hydrogen-bond acceptors (Lipinski definition) is 3. The first-order valence-corrected chi connectivity index (χ1v) is 6.47. The van der Waals surface area contributed by atoms with Crippen molar-refractivity contribution in [1.29, 1.82) is 0 Å². The molecule has 0 radical (unpaired) electrons. The quantitative estimate of drug-likeness (QED) is 0.655. The van der Waals surface area contributed by atoms with E-state index in [0.717, 1.165) is 13.0 Å². The monoisotopic (exact) mass is 282 g/mol. The highest BCUT2D eigenvalue weighted by molar-refractivity contribution is 6.30. The summed E-state index contributed by atoms with van der Waals surface area (Å²) in [6, 6.07) is 3.87. The Morgan fingerprint density at radius 2 is 2.32 bits per heavy atom. The number of imidazole rings is 1. The molecule has 19 heavy (non-hydrogen) atoms. The molecule has 6 heteroatoms. The average molecular weight is 283 g/mol. The minimum absolute atomic E-state index is 0.363. The van der Waals surface area contributed by atoms with Crippen molar-refractivity contribution < 1.29 is 4.39 Å². The Morgan fingerprint density at radius 3 is 3.00 bits per heavy atom. The van der Waals surface area contributed by atoms with Crippen LogP contribution in [0.1, 0.15) is 30.8 Å². The van der Waals surface area contributed by atoms with E-state index in [1.807, 2.05) is 10.8 Å². The fourth-order valence-electron chi connectivity index (χ4n) is 2.05. The number of hydrazine groups is 1. The number of benzene rings is 1. The van der Waals surface area contributed by atoms with Crippen LogP contribution in [0, 0.1) is 5.82 Å². The van der Waals surface area contributed by atoms with Gasteiger partial charge in [-0.05, 0) is 24.6 Å². The van der Waals surface area contributed by atoms with Crippen LogP contribution in [0.25, 0.3) is 0 Å². The van der Waals surface area contributed by atoms with Crippen molar-refractivity contribution in [3.05, 3.63) is 52.8 Å². The minimum atomic E-state index is -0.528. The Morgan fingerprint density at radius 1 is 1.53 bits per heavy atom. The van der Waals surface area contributed by atoms with Crippen molar-refractivity contribution in [2.45, 2.75) is 25.9 Å². The van der Waals surface area contributed by atoms with Gasteiger partial charge in [0.15, 0.2) is 0 Å². The zero-order chi connectivity index (χ0) is 13.8. The summed E-state index contributed by atoms with van der Waals surface area (Å²) < 4.78 is 15.9. The van der Waals surface area contributed by atoms with Gasteiger partial charge in [-0.3, -0.25) is 5.84 Å². The summed E-state index contributed by atoms with van der Waals surface area (Å²) in [5, 5.41) is 0.463. The number of nitrogens with two attached hydrogens (primary N) is 1. The summed E-state index contributed by atoms with van der Waals surface area (Å²) in [7, 11) is 0. The van der Waals surface area contributed by atoms with E-state index in [9.17, 15) is 4.39 Å². The molecule has 0 saturated carbocycles. The van der Waals surface area contributed by atoms with E-state index in [4.69, 9.17) is 17.4 Å². The number of aromatic nitrogens is 2. The predicted octanol–water partition coefficient (Wildman–Crippen LogP) is 2.64. The number of halogens is 2. The number of nitrogens with zero attached hydrogens (tertiary/aromatic N) is 2. The molecule has 1 atom stereocenters. The van der Waals surface area contributed by atoms with Gasteiger partial charge in [0.25, 0.3) is 0 Å². The number of nitrogens with one attached hydrogen (secondary N) is 1. The largest absolute Gasteiger partial charge is 0.333 e. The van der Waals surface area contributed by atoms with E-state index in [-0.39, 0.29) is 5.82 Å². The molecule has 1 unspecified atom stereocenters. The first-order valence-electron chi connectivity index (χ1n) is 6.09. The van der Waals surface area contributed by atoms with Crippen LogP contribution in [0.15, 0.2) is 30.6 Å². The van der Waals surface area contributed by atoms with Crippen LogP contribution in [-0.4, -0.2) is 9.55 Å².